The van der Waals surface area contributed by atoms with Crippen molar-refractivity contribution < 1.29 is 5.11 Å². The number of fused-ring (bicyclic) bond motifs is 1. The van der Waals surface area contributed by atoms with E-state index in [1.54, 1.807) is 23.5 Å². The molecule has 102 valence electrons. The van der Waals surface area contributed by atoms with Crippen LogP contribution in [0.25, 0.3) is 10.1 Å². The van der Waals surface area contributed by atoms with Gasteiger partial charge < -0.3 is 5.11 Å². The van der Waals surface area contributed by atoms with Gasteiger partial charge in [0.1, 0.15) is 6.10 Å². The van der Waals surface area contributed by atoms with Crippen molar-refractivity contribution in [2.45, 2.75) is 6.10 Å². The molecule has 2 aromatic carbocycles. The molecule has 0 aliphatic heterocycles. The number of hydrogen-bond acceptors (Lipinski definition) is 2. The minimum absolute atomic E-state index is 0.644. The maximum Gasteiger partial charge on any atom is 0.107 e. The fourth-order valence-electron chi connectivity index (χ4n) is 2.14. The van der Waals surface area contributed by atoms with Crippen LogP contribution in [0.5, 0.6) is 0 Å². The van der Waals surface area contributed by atoms with Crippen LogP contribution in [-0.4, -0.2) is 5.11 Å². The lowest BCUT2D eigenvalue weighted by Crippen LogP contribution is -1.99. The predicted octanol–water partition coefficient (Wildman–Crippen LogP) is 6.16. The molecule has 3 rings (SSSR count). The number of aliphatic hydroxyl groups excluding tert-OH is 1. The third kappa shape index (κ3) is 2.55. The second-order valence-electron chi connectivity index (χ2n) is 4.38. The number of rotatable bonds is 2. The highest BCUT2D eigenvalue weighted by Crippen LogP contribution is 2.39. The van der Waals surface area contributed by atoms with Crippen LogP contribution in [0.15, 0.2) is 50.7 Å². The fourth-order valence-corrected chi connectivity index (χ4v) is 4.68. The van der Waals surface area contributed by atoms with Gasteiger partial charge in [0.15, 0.2) is 0 Å². The van der Waals surface area contributed by atoms with E-state index in [4.69, 9.17) is 11.6 Å². The topological polar surface area (TPSA) is 20.2 Å². The number of hydrogen-bond donors (Lipinski definition) is 1. The van der Waals surface area contributed by atoms with Crippen molar-refractivity contribution in [3.05, 3.63) is 66.9 Å². The lowest BCUT2D eigenvalue weighted by molar-refractivity contribution is 0.221. The normalized spacial score (nSPS) is 12.8. The Morgan fingerprint density at radius 2 is 1.85 bits per heavy atom. The molecule has 0 radical (unpaired) electrons. The fraction of sp³-hybridized carbons (Fsp3) is 0.0667. The molecule has 0 spiro atoms. The van der Waals surface area contributed by atoms with Crippen molar-refractivity contribution in [2.24, 2.45) is 0 Å². The van der Waals surface area contributed by atoms with Crippen molar-refractivity contribution >= 4 is 64.9 Å². The van der Waals surface area contributed by atoms with E-state index in [-0.39, 0.29) is 0 Å². The molecule has 0 amide bonds. The van der Waals surface area contributed by atoms with Gasteiger partial charge in [-0.2, -0.15) is 0 Å². The summed E-state index contributed by atoms with van der Waals surface area (Å²) in [6.45, 7) is 0. The molecular weight excluding hydrogens is 423 g/mol. The van der Waals surface area contributed by atoms with E-state index < -0.39 is 6.10 Å². The van der Waals surface area contributed by atoms with E-state index >= 15 is 0 Å². The minimum Gasteiger partial charge on any atom is -0.384 e. The Hall–Kier alpha value is -0.390. The van der Waals surface area contributed by atoms with Gasteiger partial charge in [0.25, 0.3) is 0 Å². The summed E-state index contributed by atoms with van der Waals surface area (Å²) in [4.78, 5) is 0. The molecule has 0 fully saturated rings. The molecule has 3 aromatic rings. The quantitative estimate of drug-likeness (QED) is 0.514. The zero-order valence-corrected chi connectivity index (χ0v) is 14.9. The van der Waals surface area contributed by atoms with Gasteiger partial charge in [0, 0.05) is 24.2 Å². The summed E-state index contributed by atoms with van der Waals surface area (Å²) in [5, 5.41) is 14.4. The molecule has 0 saturated heterocycles. The molecule has 1 aromatic heterocycles. The van der Waals surface area contributed by atoms with Crippen molar-refractivity contribution in [1.29, 1.82) is 0 Å². The van der Waals surface area contributed by atoms with Gasteiger partial charge in [-0.25, -0.2) is 0 Å². The Bertz CT molecular complexity index is 785. The smallest absolute Gasteiger partial charge is 0.107 e. The van der Waals surface area contributed by atoms with Crippen LogP contribution in [0.2, 0.25) is 5.02 Å². The Morgan fingerprint density at radius 3 is 2.60 bits per heavy atom. The molecule has 1 unspecified atom stereocenters. The average molecular weight is 433 g/mol. The van der Waals surface area contributed by atoms with E-state index in [0.29, 0.717) is 5.02 Å². The molecule has 0 aliphatic rings. The minimum atomic E-state index is -0.676. The van der Waals surface area contributed by atoms with Crippen molar-refractivity contribution in [3.63, 3.8) is 0 Å². The highest BCUT2D eigenvalue weighted by Gasteiger charge is 2.18. The van der Waals surface area contributed by atoms with Crippen molar-refractivity contribution in [3.8, 4) is 0 Å². The first-order chi connectivity index (χ1) is 9.58. The molecule has 0 bridgehead atoms. The summed E-state index contributed by atoms with van der Waals surface area (Å²) in [6.07, 6.45) is -0.676. The molecule has 5 heteroatoms. The Morgan fingerprint density at radius 1 is 1.05 bits per heavy atom. The number of benzene rings is 2. The van der Waals surface area contributed by atoms with Gasteiger partial charge in [-0.1, -0.05) is 45.7 Å². The lowest BCUT2D eigenvalue weighted by Gasteiger charge is -2.13. The second-order valence-corrected chi connectivity index (χ2v) is 7.40. The number of halogens is 3. The van der Waals surface area contributed by atoms with Gasteiger partial charge in [-0.05, 0) is 50.5 Å². The molecule has 0 saturated carbocycles. The lowest BCUT2D eigenvalue weighted by atomic mass is 10.0. The van der Waals surface area contributed by atoms with E-state index in [1.807, 2.05) is 29.6 Å². The first kappa shape index (κ1) is 14.5. The average Bonchev–Trinajstić information content (AvgIpc) is 2.83. The van der Waals surface area contributed by atoms with E-state index in [1.165, 1.54) is 0 Å². The third-order valence-electron chi connectivity index (χ3n) is 3.13. The van der Waals surface area contributed by atoms with Gasteiger partial charge in [-0.3, -0.25) is 0 Å². The van der Waals surface area contributed by atoms with Crippen LogP contribution in [-0.2, 0) is 0 Å². The summed E-state index contributed by atoms with van der Waals surface area (Å²) >= 11 is 14.6. The first-order valence-electron chi connectivity index (χ1n) is 5.86. The summed E-state index contributed by atoms with van der Waals surface area (Å²) in [6, 6.07) is 11.4. The second kappa shape index (κ2) is 5.78. The Labute approximate surface area is 142 Å². The molecule has 0 aliphatic carbocycles. The Balaban J connectivity index is 2.13. The van der Waals surface area contributed by atoms with Crippen LogP contribution in [0.1, 0.15) is 17.2 Å². The summed E-state index contributed by atoms with van der Waals surface area (Å²) < 4.78 is 3.01. The number of thiophene rings is 1. The highest BCUT2D eigenvalue weighted by molar-refractivity contribution is 9.11. The van der Waals surface area contributed by atoms with Crippen molar-refractivity contribution in [1.82, 2.24) is 0 Å². The summed E-state index contributed by atoms with van der Waals surface area (Å²) in [5.41, 5.74) is 1.73. The molecule has 20 heavy (non-hydrogen) atoms. The standard InChI is InChI=1S/C15H9Br2ClOS/c16-12-3-1-2-9-11(7-20-15(9)12)14(19)10-5-4-8(18)6-13(10)17/h1-7,14,19H. The number of aliphatic hydroxyl groups is 1. The van der Waals surface area contributed by atoms with Crippen LogP contribution >= 0.6 is 54.8 Å². The molecular formula is C15H9Br2ClOS. The molecule has 1 nitrogen and oxygen atoms in total. The largest absolute Gasteiger partial charge is 0.384 e. The van der Waals surface area contributed by atoms with Gasteiger partial charge >= 0.3 is 0 Å². The SMILES string of the molecule is OC(c1ccc(Cl)cc1Br)c1csc2c(Br)cccc12. The molecule has 1 atom stereocenters. The molecule has 1 N–H and O–H groups in total. The van der Waals surface area contributed by atoms with Crippen LogP contribution in [0.4, 0.5) is 0 Å². The monoisotopic (exact) mass is 430 g/mol. The maximum absolute atomic E-state index is 10.7. The zero-order chi connectivity index (χ0) is 14.3. The Kier molecular flexibility index (Phi) is 4.20. The van der Waals surface area contributed by atoms with E-state index in [0.717, 1.165) is 30.2 Å². The maximum atomic E-state index is 10.7. The van der Waals surface area contributed by atoms with Gasteiger partial charge in [-0.15, -0.1) is 11.3 Å². The van der Waals surface area contributed by atoms with Crippen LogP contribution in [0.3, 0.4) is 0 Å². The summed E-state index contributed by atoms with van der Waals surface area (Å²) in [7, 11) is 0. The molecule has 1 heterocycles. The predicted molar refractivity (Wildman–Crippen MR) is 92.7 cm³/mol. The van der Waals surface area contributed by atoms with Gasteiger partial charge in [0.2, 0.25) is 0 Å². The highest BCUT2D eigenvalue weighted by atomic mass is 79.9. The summed E-state index contributed by atoms with van der Waals surface area (Å²) in [5.74, 6) is 0. The third-order valence-corrected chi connectivity index (χ3v) is 6.03. The van der Waals surface area contributed by atoms with Crippen LogP contribution in [0, 0.1) is 0 Å². The van der Waals surface area contributed by atoms with Gasteiger partial charge in [0.05, 0.1) is 0 Å². The van der Waals surface area contributed by atoms with E-state index in [9.17, 15) is 5.11 Å². The van der Waals surface area contributed by atoms with Crippen molar-refractivity contribution in [2.75, 3.05) is 0 Å². The van der Waals surface area contributed by atoms with E-state index in [2.05, 4.69) is 31.9 Å². The zero-order valence-electron chi connectivity index (χ0n) is 10.1. The van der Waals surface area contributed by atoms with Crippen LogP contribution < -0.4 is 0 Å². The first-order valence-corrected chi connectivity index (χ1v) is 8.71.